The largest absolute Gasteiger partial charge is 0.346 e. The van der Waals surface area contributed by atoms with Gasteiger partial charge in [0, 0.05) is 42.2 Å². The second-order valence-electron chi connectivity index (χ2n) is 6.93. The number of piperidine rings is 1. The van der Waals surface area contributed by atoms with Crippen LogP contribution in [-0.2, 0) is 7.05 Å². The van der Waals surface area contributed by atoms with E-state index in [2.05, 4.69) is 36.2 Å². The highest BCUT2D eigenvalue weighted by atomic mass is 79.9. The molecule has 0 bridgehead atoms. The molecule has 0 aliphatic carbocycles. The van der Waals surface area contributed by atoms with E-state index in [9.17, 15) is 4.79 Å². The molecule has 1 aliphatic rings. The maximum atomic E-state index is 12.6. The van der Waals surface area contributed by atoms with Crippen LogP contribution in [0.4, 0.5) is 5.95 Å². The molecule has 2 aromatic heterocycles. The first kappa shape index (κ1) is 17.9. The van der Waals surface area contributed by atoms with Gasteiger partial charge in [0.25, 0.3) is 5.91 Å². The molecular formula is C19H21BrN6O. The van der Waals surface area contributed by atoms with Crippen molar-refractivity contribution in [1.82, 2.24) is 25.1 Å². The monoisotopic (exact) mass is 428 g/mol. The molecule has 7 nitrogen and oxygen atoms in total. The summed E-state index contributed by atoms with van der Waals surface area (Å²) < 4.78 is 2.63. The van der Waals surface area contributed by atoms with Crippen molar-refractivity contribution >= 4 is 38.7 Å². The Hall–Kier alpha value is -2.48. The second kappa shape index (κ2) is 7.26. The van der Waals surface area contributed by atoms with E-state index in [1.54, 1.807) is 17.8 Å². The lowest BCUT2D eigenvalue weighted by Crippen LogP contribution is -2.48. The molecule has 8 heteroatoms. The van der Waals surface area contributed by atoms with Gasteiger partial charge in [0.15, 0.2) is 0 Å². The molecule has 0 saturated carbocycles. The molecule has 1 atom stereocenters. The number of hydrogen-bond donors (Lipinski definition) is 1. The molecule has 140 valence electrons. The highest BCUT2D eigenvalue weighted by Gasteiger charge is 2.24. The van der Waals surface area contributed by atoms with Crippen molar-refractivity contribution in [2.75, 3.05) is 18.0 Å². The van der Waals surface area contributed by atoms with E-state index in [0.29, 0.717) is 18.2 Å². The molecule has 1 N–H and O–H groups in total. The smallest absolute Gasteiger partial charge is 0.269 e. The van der Waals surface area contributed by atoms with E-state index in [1.165, 1.54) is 0 Å². The number of aromatic nitrogens is 4. The number of hydrogen-bond acceptors (Lipinski definition) is 5. The van der Waals surface area contributed by atoms with E-state index in [4.69, 9.17) is 4.98 Å². The van der Waals surface area contributed by atoms with Gasteiger partial charge in [-0.1, -0.05) is 15.9 Å². The van der Waals surface area contributed by atoms with Crippen LogP contribution in [0, 0.1) is 6.92 Å². The Bertz CT molecular complexity index is 1000. The number of anilines is 1. The molecule has 1 amide bonds. The summed E-state index contributed by atoms with van der Waals surface area (Å²) >= 11 is 3.47. The van der Waals surface area contributed by atoms with Crippen LogP contribution in [-0.4, -0.2) is 44.8 Å². The minimum atomic E-state index is -0.0887. The summed E-state index contributed by atoms with van der Waals surface area (Å²) in [6, 6.07) is 7.84. The van der Waals surface area contributed by atoms with Gasteiger partial charge in [-0.15, -0.1) is 0 Å². The summed E-state index contributed by atoms with van der Waals surface area (Å²) in [5.41, 5.74) is 2.33. The zero-order valence-corrected chi connectivity index (χ0v) is 16.9. The van der Waals surface area contributed by atoms with E-state index in [-0.39, 0.29) is 11.9 Å². The molecule has 1 aliphatic heterocycles. The Morgan fingerprint density at radius 1 is 1.33 bits per heavy atom. The summed E-state index contributed by atoms with van der Waals surface area (Å²) in [6.07, 6.45) is 3.78. The van der Waals surface area contributed by atoms with Crippen LogP contribution < -0.4 is 10.2 Å². The predicted molar refractivity (Wildman–Crippen MR) is 108 cm³/mol. The number of amides is 1. The summed E-state index contributed by atoms with van der Waals surface area (Å²) in [7, 11) is 1.79. The van der Waals surface area contributed by atoms with Crippen LogP contribution in [0.25, 0.3) is 10.9 Å². The summed E-state index contributed by atoms with van der Waals surface area (Å²) in [5.74, 6) is 0.620. The SMILES string of the molecule is Cc1cc(C(=O)NC2CCCN(c3ncc4cc(Br)ccc4n3)C2)n(C)n1. The van der Waals surface area contributed by atoms with Crippen molar-refractivity contribution in [2.24, 2.45) is 7.05 Å². The first-order valence-electron chi connectivity index (χ1n) is 8.98. The van der Waals surface area contributed by atoms with E-state index in [1.807, 2.05) is 31.3 Å². The number of carbonyl (C=O) groups is 1. The molecule has 3 aromatic rings. The fourth-order valence-corrected chi connectivity index (χ4v) is 3.88. The molecule has 0 spiro atoms. The van der Waals surface area contributed by atoms with Crippen molar-refractivity contribution in [2.45, 2.75) is 25.8 Å². The first-order chi connectivity index (χ1) is 13.0. The Balaban J connectivity index is 1.48. The van der Waals surface area contributed by atoms with E-state index < -0.39 is 0 Å². The number of halogens is 1. The van der Waals surface area contributed by atoms with Crippen molar-refractivity contribution in [3.63, 3.8) is 0 Å². The molecule has 27 heavy (non-hydrogen) atoms. The lowest BCUT2D eigenvalue weighted by Gasteiger charge is -2.33. The van der Waals surface area contributed by atoms with Crippen LogP contribution in [0.3, 0.4) is 0 Å². The molecule has 3 heterocycles. The average molecular weight is 429 g/mol. The fourth-order valence-electron chi connectivity index (χ4n) is 3.51. The average Bonchev–Trinajstić information content (AvgIpc) is 3.00. The zero-order chi connectivity index (χ0) is 19.0. The molecule has 1 unspecified atom stereocenters. The van der Waals surface area contributed by atoms with E-state index in [0.717, 1.165) is 40.5 Å². The number of nitrogens with zero attached hydrogens (tertiary/aromatic N) is 5. The molecule has 0 radical (unpaired) electrons. The minimum Gasteiger partial charge on any atom is -0.346 e. The van der Waals surface area contributed by atoms with Crippen LogP contribution in [0.2, 0.25) is 0 Å². The Morgan fingerprint density at radius 3 is 2.96 bits per heavy atom. The standard InChI is InChI=1S/C19H21BrN6O/c1-12-8-17(25(2)24-12)18(27)22-15-4-3-7-26(11-15)19-21-10-13-9-14(20)5-6-16(13)23-19/h5-6,8-10,15H,3-4,7,11H2,1-2H3,(H,22,27). The van der Waals surface area contributed by atoms with Crippen LogP contribution in [0.1, 0.15) is 29.0 Å². The third kappa shape index (κ3) is 3.80. The topological polar surface area (TPSA) is 75.9 Å². The van der Waals surface area contributed by atoms with Gasteiger partial charge in [-0.05, 0) is 44.0 Å². The predicted octanol–water partition coefficient (Wildman–Crippen LogP) is 2.83. The summed E-state index contributed by atoms with van der Waals surface area (Å²) in [4.78, 5) is 23.9. The lowest BCUT2D eigenvalue weighted by molar-refractivity contribution is 0.0923. The van der Waals surface area contributed by atoms with Crippen molar-refractivity contribution in [3.05, 3.63) is 46.3 Å². The number of rotatable bonds is 3. The van der Waals surface area contributed by atoms with Gasteiger partial charge in [-0.25, -0.2) is 9.97 Å². The van der Waals surface area contributed by atoms with Gasteiger partial charge in [0.1, 0.15) is 5.69 Å². The van der Waals surface area contributed by atoms with Gasteiger partial charge in [-0.2, -0.15) is 5.10 Å². The number of nitrogens with one attached hydrogen (secondary N) is 1. The Kier molecular flexibility index (Phi) is 4.82. The third-order valence-electron chi connectivity index (χ3n) is 4.80. The normalized spacial score (nSPS) is 17.3. The number of benzene rings is 1. The van der Waals surface area contributed by atoms with Gasteiger partial charge in [0.05, 0.1) is 11.2 Å². The third-order valence-corrected chi connectivity index (χ3v) is 5.30. The number of aryl methyl sites for hydroxylation is 2. The molecule has 1 saturated heterocycles. The number of carbonyl (C=O) groups excluding carboxylic acids is 1. The van der Waals surface area contributed by atoms with Gasteiger partial charge >= 0.3 is 0 Å². The minimum absolute atomic E-state index is 0.0608. The Labute approximate surface area is 165 Å². The first-order valence-corrected chi connectivity index (χ1v) is 9.77. The van der Waals surface area contributed by atoms with Crippen molar-refractivity contribution in [1.29, 1.82) is 0 Å². The van der Waals surface area contributed by atoms with Crippen LogP contribution in [0.5, 0.6) is 0 Å². The highest BCUT2D eigenvalue weighted by molar-refractivity contribution is 9.10. The maximum absolute atomic E-state index is 12.6. The number of fused-ring (bicyclic) bond motifs is 1. The van der Waals surface area contributed by atoms with Crippen LogP contribution in [0.15, 0.2) is 34.9 Å². The maximum Gasteiger partial charge on any atom is 0.269 e. The summed E-state index contributed by atoms with van der Waals surface area (Å²) in [6.45, 7) is 3.47. The molecule has 1 aromatic carbocycles. The fraction of sp³-hybridized carbons (Fsp3) is 0.368. The second-order valence-corrected chi connectivity index (χ2v) is 7.84. The quantitative estimate of drug-likeness (QED) is 0.693. The highest BCUT2D eigenvalue weighted by Crippen LogP contribution is 2.22. The zero-order valence-electron chi connectivity index (χ0n) is 15.3. The molecular weight excluding hydrogens is 408 g/mol. The van der Waals surface area contributed by atoms with Crippen molar-refractivity contribution in [3.8, 4) is 0 Å². The Morgan fingerprint density at radius 2 is 2.19 bits per heavy atom. The summed E-state index contributed by atoms with van der Waals surface area (Å²) in [5, 5.41) is 8.38. The van der Waals surface area contributed by atoms with Crippen LogP contribution >= 0.6 is 15.9 Å². The van der Waals surface area contributed by atoms with E-state index >= 15 is 0 Å². The lowest BCUT2D eigenvalue weighted by atomic mass is 10.1. The van der Waals surface area contributed by atoms with Gasteiger partial charge in [-0.3, -0.25) is 9.48 Å². The van der Waals surface area contributed by atoms with Gasteiger partial charge < -0.3 is 10.2 Å². The van der Waals surface area contributed by atoms with Gasteiger partial charge in [0.2, 0.25) is 5.95 Å². The van der Waals surface area contributed by atoms with Crippen molar-refractivity contribution < 1.29 is 4.79 Å². The molecule has 4 rings (SSSR count). The molecule has 1 fully saturated rings.